The van der Waals surface area contributed by atoms with E-state index in [4.69, 9.17) is 0 Å². The summed E-state index contributed by atoms with van der Waals surface area (Å²) >= 11 is 0. The number of amides is 1. The molecule has 1 aromatic carbocycles. The van der Waals surface area contributed by atoms with Gasteiger partial charge in [0.15, 0.2) is 0 Å². The zero-order valence-electron chi connectivity index (χ0n) is 16.1. The molecule has 7 heteroatoms. The van der Waals surface area contributed by atoms with Crippen LogP contribution in [0.1, 0.15) is 30.5 Å². The molecule has 0 saturated heterocycles. The lowest BCUT2D eigenvalue weighted by Gasteiger charge is -2.28. The van der Waals surface area contributed by atoms with Gasteiger partial charge >= 0.3 is 0 Å². The number of hydrogen-bond acceptors (Lipinski definition) is 4. The van der Waals surface area contributed by atoms with Crippen molar-refractivity contribution in [2.45, 2.75) is 25.8 Å². The third kappa shape index (κ3) is 6.45. The van der Waals surface area contributed by atoms with Crippen molar-refractivity contribution in [3.05, 3.63) is 66.0 Å². The molecule has 0 radical (unpaired) electrons. The Kier molecular flexibility index (Phi) is 7.50. The highest BCUT2D eigenvalue weighted by Gasteiger charge is 2.25. The van der Waals surface area contributed by atoms with Gasteiger partial charge < -0.3 is 4.90 Å². The van der Waals surface area contributed by atoms with Crippen molar-refractivity contribution in [2.24, 2.45) is 0 Å². The zero-order valence-corrected chi connectivity index (χ0v) is 16.9. The Bertz CT molecular complexity index is 826. The highest BCUT2D eigenvalue weighted by Crippen LogP contribution is 2.22. The molecule has 1 unspecified atom stereocenters. The second-order valence-electron chi connectivity index (χ2n) is 6.63. The van der Waals surface area contributed by atoms with E-state index in [0.29, 0.717) is 6.54 Å². The Morgan fingerprint density at radius 1 is 1.07 bits per heavy atom. The summed E-state index contributed by atoms with van der Waals surface area (Å²) in [4.78, 5) is 18.1. The van der Waals surface area contributed by atoms with Gasteiger partial charge in [-0.1, -0.05) is 30.3 Å². The number of hydrogen-bond donors (Lipinski definition) is 0. The summed E-state index contributed by atoms with van der Waals surface area (Å²) in [7, 11) is -1.69. The van der Waals surface area contributed by atoms with Gasteiger partial charge in [0.1, 0.15) is 0 Å². The fraction of sp³-hybridized carbons (Fsp3) is 0.400. The highest BCUT2D eigenvalue weighted by atomic mass is 32.2. The first kappa shape index (κ1) is 21.1. The normalized spacial score (nSPS) is 12.7. The molecule has 0 aliphatic carbocycles. The van der Waals surface area contributed by atoms with E-state index in [9.17, 15) is 13.2 Å². The lowest BCUT2D eigenvalue weighted by Crippen LogP contribution is -2.37. The second-order valence-corrected chi connectivity index (χ2v) is 8.57. The Morgan fingerprint density at radius 3 is 2.30 bits per heavy atom. The first-order valence-electron chi connectivity index (χ1n) is 8.93. The number of rotatable bonds is 9. The first-order valence-corrected chi connectivity index (χ1v) is 10.8. The van der Waals surface area contributed by atoms with E-state index in [1.165, 1.54) is 10.6 Å². The summed E-state index contributed by atoms with van der Waals surface area (Å²) in [6.07, 6.45) is 5.53. The molecule has 1 heterocycles. The summed E-state index contributed by atoms with van der Waals surface area (Å²) in [5, 5.41) is 0. The van der Waals surface area contributed by atoms with Crippen LogP contribution in [-0.2, 0) is 21.2 Å². The van der Waals surface area contributed by atoms with E-state index < -0.39 is 10.0 Å². The Labute approximate surface area is 161 Å². The molecule has 27 heavy (non-hydrogen) atoms. The monoisotopic (exact) mass is 389 g/mol. The quantitative estimate of drug-likeness (QED) is 0.661. The maximum Gasteiger partial charge on any atom is 0.223 e. The molecule has 0 spiro atoms. The van der Waals surface area contributed by atoms with Gasteiger partial charge in [0.25, 0.3) is 0 Å². The Balaban J connectivity index is 1.94. The Hall–Kier alpha value is -2.25. The maximum absolute atomic E-state index is 12.4. The number of benzene rings is 1. The van der Waals surface area contributed by atoms with Crippen molar-refractivity contribution in [1.29, 1.82) is 0 Å². The van der Waals surface area contributed by atoms with Crippen molar-refractivity contribution >= 4 is 15.9 Å². The average molecular weight is 390 g/mol. The van der Waals surface area contributed by atoms with Gasteiger partial charge in [-0.3, -0.25) is 9.78 Å². The van der Waals surface area contributed by atoms with Crippen LogP contribution >= 0.6 is 0 Å². The summed E-state index contributed by atoms with van der Waals surface area (Å²) < 4.78 is 25.9. The molecule has 0 fully saturated rings. The van der Waals surface area contributed by atoms with Crippen LogP contribution in [0, 0.1) is 0 Å². The smallest absolute Gasteiger partial charge is 0.223 e. The van der Waals surface area contributed by atoms with Crippen molar-refractivity contribution in [1.82, 2.24) is 14.2 Å². The number of aromatic nitrogens is 1. The molecule has 1 aromatic heterocycles. The fourth-order valence-electron chi connectivity index (χ4n) is 2.91. The van der Waals surface area contributed by atoms with Gasteiger partial charge in [-0.05, 0) is 36.6 Å². The minimum Gasteiger partial charge on any atom is -0.345 e. The summed E-state index contributed by atoms with van der Waals surface area (Å²) in [5.41, 5.74) is 2.02. The molecule has 2 aromatic rings. The molecule has 0 N–H and O–H groups in total. The van der Waals surface area contributed by atoms with Crippen LogP contribution in [0.2, 0.25) is 0 Å². The molecule has 146 valence electrons. The molecule has 0 aliphatic heterocycles. The molecule has 0 aliphatic rings. The number of sulfonamides is 1. The molecule has 0 saturated carbocycles. The van der Waals surface area contributed by atoms with E-state index in [1.54, 1.807) is 24.3 Å². The lowest BCUT2D eigenvalue weighted by molar-refractivity contribution is -0.130. The van der Waals surface area contributed by atoms with Crippen LogP contribution in [0.5, 0.6) is 0 Å². The number of nitrogens with zero attached hydrogens (tertiary/aromatic N) is 3. The van der Waals surface area contributed by atoms with Crippen molar-refractivity contribution in [2.75, 3.05) is 26.4 Å². The summed E-state index contributed by atoms with van der Waals surface area (Å²) in [6, 6.07) is 13.0. The van der Waals surface area contributed by atoms with Crippen LogP contribution in [-0.4, -0.2) is 54.9 Å². The van der Waals surface area contributed by atoms with Gasteiger partial charge in [0, 0.05) is 45.0 Å². The van der Waals surface area contributed by atoms with Gasteiger partial charge in [-0.15, -0.1) is 0 Å². The zero-order chi connectivity index (χ0) is 19.9. The fourth-order valence-corrected chi connectivity index (χ4v) is 4.03. The van der Waals surface area contributed by atoms with E-state index in [0.717, 1.165) is 17.5 Å². The largest absolute Gasteiger partial charge is 0.345 e. The lowest BCUT2D eigenvalue weighted by atomic mass is 10.1. The number of carbonyl (C=O) groups excluding carboxylic acids is 1. The molecule has 0 bridgehead atoms. The van der Waals surface area contributed by atoms with Gasteiger partial charge in [-0.2, -0.15) is 4.31 Å². The van der Waals surface area contributed by atoms with E-state index in [2.05, 4.69) is 4.98 Å². The van der Waals surface area contributed by atoms with Crippen LogP contribution in [0.4, 0.5) is 0 Å². The topological polar surface area (TPSA) is 70.6 Å². The molecular formula is C20H27N3O3S. The molecule has 2 rings (SSSR count). The van der Waals surface area contributed by atoms with Crippen LogP contribution < -0.4 is 0 Å². The standard InChI is InChI=1S/C20H27N3O3S/c1-17(19-7-5-4-6-8-19)23(27(3,25)26)16-12-20(24)22(2)15-11-18-9-13-21-14-10-18/h4-10,13-14,17H,11-12,15-16H2,1-3H3. The number of carbonyl (C=O) groups is 1. The highest BCUT2D eigenvalue weighted by molar-refractivity contribution is 7.88. The summed E-state index contributed by atoms with van der Waals surface area (Å²) in [5.74, 6) is -0.0713. The molecular weight excluding hydrogens is 362 g/mol. The van der Waals surface area contributed by atoms with E-state index in [-0.39, 0.29) is 24.9 Å². The average Bonchev–Trinajstić information content (AvgIpc) is 2.66. The van der Waals surface area contributed by atoms with E-state index >= 15 is 0 Å². The van der Waals surface area contributed by atoms with Gasteiger partial charge in [-0.25, -0.2) is 8.42 Å². The maximum atomic E-state index is 12.4. The van der Waals surface area contributed by atoms with Crippen LogP contribution in [0.15, 0.2) is 54.9 Å². The van der Waals surface area contributed by atoms with Gasteiger partial charge in [0.05, 0.1) is 6.26 Å². The SMILES string of the molecule is CC(c1ccccc1)N(CCC(=O)N(C)CCc1ccncc1)S(C)(=O)=O. The Morgan fingerprint density at radius 2 is 1.70 bits per heavy atom. The van der Waals surface area contributed by atoms with Crippen LogP contribution in [0.3, 0.4) is 0 Å². The minimum atomic E-state index is -3.43. The van der Waals surface area contributed by atoms with Gasteiger partial charge in [0.2, 0.25) is 15.9 Å². The molecule has 6 nitrogen and oxygen atoms in total. The second kappa shape index (κ2) is 9.62. The minimum absolute atomic E-state index is 0.0713. The number of pyridine rings is 1. The van der Waals surface area contributed by atoms with Crippen molar-refractivity contribution < 1.29 is 13.2 Å². The third-order valence-corrected chi connectivity index (χ3v) is 5.95. The molecule has 1 atom stereocenters. The van der Waals surface area contributed by atoms with Crippen molar-refractivity contribution in [3.63, 3.8) is 0 Å². The van der Waals surface area contributed by atoms with E-state index in [1.807, 2.05) is 49.4 Å². The predicted octanol–water partition coefficient (Wildman–Crippen LogP) is 2.50. The number of likely N-dealkylation sites (N-methyl/N-ethyl adjacent to an activating group) is 1. The predicted molar refractivity (Wildman–Crippen MR) is 107 cm³/mol. The van der Waals surface area contributed by atoms with Crippen molar-refractivity contribution in [3.8, 4) is 0 Å². The summed E-state index contributed by atoms with van der Waals surface area (Å²) in [6.45, 7) is 2.58. The third-order valence-electron chi connectivity index (χ3n) is 4.60. The van der Waals surface area contributed by atoms with Crippen LogP contribution in [0.25, 0.3) is 0 Å². The first-order chi connectivity index (χ1) is 12.8. The molecule has 1 amide bonds.